The molecule has 6 nitrogen and oxygen atoms in total. The lowest BCUT2D eigenvalue weighted by Gasteiger charge is -2.33. The maximum Gasteiger partial charge on any atom is 0.410 e. The van der Waals surface area contributed by atoms with Gasteiger partial charge in [-0.2, -0.15) is 0 Å². The molecule has 0 aliphatic carbocycles. The van der Waals surface area contributed by atoms with Gasteiger partial charge in [0, 0.05) is 24.7 Å². The Hall–Kier alpha value is -1.82. The van der Waals surface area contributed by atoms with Gasteiger partial charge in [0.1, 0.15) is 11.1 Å². The van der Waals surface area contributed by atoms with Crippen LogP contribution in [0.2, 0.25) is 5.15 Å². The first-order valence-electron chi connectivity index (χ1n) is 7.81. The van der Waals surface area contributed by atoms with Crippen LogP contribution in [0.1, 0.15) is 45.2 Å². The number of hydrogen-bond donors (Lipinski definition) is 1. The van der Waals surface area contributed by atoms with Crippen molar-refractivity contribution in [3.05, 3.63) is 23.2 Å². The number of nitrogens with one attached hydrogen (secondary N) is 1. The van der Waals surface area contributed by atoms with Crippen molar-refractivity contribution in [1.82, 2.24) is 19.9 Å². The number of likely N-dealkylation sites (tertiary alicyclic amines) is 1. The van der Waals surface area contributed by atoms with Crippen molar-refractivity contribution >= 4 is 28.7 Å². The number of aromatic amines is 1. The Kier molecular flexibility index (Phi) is 4.19. The molecule has 2 aromatic heterocycles. The van der Waals surface area contributed by atoms with E-state index in [0.29, 0.717) is 29.7 Å². The number of fused-ring (bicyclic) bond motifs is 1. The van der Waals surface area contributed by atoms with Crippen molar-refractivity contribution < 1.29 is 9.53 Å². The minimum absolute atomic E-state index is 0.244. The molecule has 0 saturated carbocycles. The molecule has 1 fully saturated rings. The standard InChI is InChI=1S/C16H21ClN4O2/c1-16(2,3)23-15(22)21-6-4-10(5-7-21)11-8-12-13(14(17)20-11)19-9-18-12/h8-10H,4-7H2,1-3H3,(H,18,19). The van der Waals surface area contributed by atoms with Crippen molar-refractivity contribution in [3.8, 4) is 0 Å². The largest absolute Gasteiger partial charge is 0.444 e. The normalized spacial score (nSPS) is 16.8. The fraction of sp³-hybridized carbons (Fsp3) is 0.562. The number of carbonyl (C=O) groups is 1. The second-order valence-electron chi connectivity index (χ2n) is 6.88. The third-order valence-electron chi connectivity index (χ3n) is 3.95. The summed E-state index contributed by atoms with van der Waals surface area (Å²) < 4.78 is 5.42. The first-order chi connectivity index (χ1) is 10.8. The van der Waals surface area contributed by atoms with E-state index in [0.717, 1.165) is 24.1 Å². The lowest BCUT2D eigenvalue weighted by atomic mass is 9.93. The maximum atomic E-state index is 12.1. The van der Waals surface area contributed by atoms with Crippen LogP contribution >= 0.6 is 11.6 Å². The van der Waals surface area contributed by atoms with Crippen LogP contribution in [0.25, 0.3) is 11.0 Å². The third-order valence-corrected chi connectivity index (χ3v) is 4.21. The molecule has 124 valence electrons. The number of imidazole rings is 1. The van der Waals surface area contributed by atoms with E-state index in [2.05, 4.69) is 15.0 Å². The molecule has 0 atom stereocenters. The first-order valence-corrected chi connectivity index (χ1v) is 8.19. The molecule has 1 aliphatic heterocycles. The van der Waals surface area contributed by atoms with Crippen LogP contribution in [0.4, 0.5) is 4.79 Å². The van der Waals surface area contributed by atoms with Crippen LogP contribution < -0.4 is 0 Å². The number of ether oxygens (including phenoxy) is 1. The minimum Gasteiger partial charge on any atom is -0.444 e. The van der Waals surface area contributed by atoms with Gasteiger partial charge in [0.25, 0.3) is 0 Å². The van der Waals surface area contributed by atoms with Gasteiger partial charge in [0.2, 0.25) is 0 Å². The van der Waals surface area contributed by atoms with Crippen LogP contribution in [-0.2, 0) is 4.74 Å². The summed E-state index contributed by atoms with van der Waals surface area (Å²) >= 11 is 6.20. The zero-order valence-corrected chi connectivity index (χ0v) is 14.4. The molecule has 3 rings (SSSR count). The van der Waals surface area contributed by atoms with Crippen LogP contribution in [0.5, 0.6) is 0 Å². The smallest absolute Gasteiger partial charge is 0.410 e. The second kappa shape index (κ2) is 6.00. The van der Waals surface area contributed by atoms with Gasteiger partial charge in [0.15, 0.2) is 5.15 Å². The quantitative estimate of drug-likeness (QED) is 0.805. The van der Waals surface area contributed by atoms with Gasteiger partial charge in [-0.15, -0.1) is 0 Å². The zero-order valence-electron chi connectivity index (χ0n) is 13.6. The fourth-order valence-corrected chi connectivity index (χ4v) is 3.07. The number of aromatic nitrogens is 3. The summed E-state index contributed by atoms with van der Waals surface area (Å²) in [6.45, 7) is 6.97. The molecule has 23 heavy (non-hydrogen) atoms. The van der Waals surface area contributed by atoms with Gasteiger partial charge < -0.3 is 14.6 Å². The van der Waals surface area contributed by atoms with Crippen LogP contribution in [0, 0.1) is 0 Å². The molecule has 0 unspecified atom stereocenters. The Balaban J connectivity index is 1.67. The highest BCUT2D eigenvalue weighted by molar-refractivity contribution is 6.33. The summed E-state index contributed by atoms with van der Waals surface area (Å²) in [5.74, 6) is 0.291. The van der Waals surface area contributed by atoms with E-state index < -0.39 is 5.60 Å². The van der Waals surface area contributed by atoms with Crippen molar-refractivity contribution in [1.29, 1.82) is 0 Å². The Morgan fingerprint density at radius 2 is 2.09 bits per heavy atom. The SMILES string of the molecule is CC(C)(C)OC(=O)N1CCC(c2cc3[nH]cnc3c(Cl)n2)CC1. The summed E-state index contributed by atoms with van der Waals surface area (Å²) in [5, 5.41) is 0.424. The molecule has 1 N–H and O–H groups in total. The monoisotopic (exact) mass is 336 g/mol. The summed E-state index contributed by atoms with van der Waals surface area (Å²) in [6.07, 6.45) is 3.07. The van der Waals surface area contributed by atoms with Crippen LogP contribution in [0.3, 0.4) is 0 Å². The number of halogens is 1. The average molecular weight is 337 g/mol. The predicted molar refractivity (Wildman–Crippen MR) is 88.7 cm³/mol. The summed E-state index contributed by atoms with van der Waals surface area (Å²) in [5.41, 5.74) is 2.08. The van der Waals surface area contributed by atoms with Gasteiger partial charge in [-0.1, -0.05) is 11.6 Å². The van der Waals surface area contributed by atoms with E-state index >= 15 is 0 Å². The summed E-state index contributed by atoms with van der Waals surface area (Å²) in [7, 11) is 0. The Labute approximate surface area is 140 Å². The molecule has 1 amide bonds. The molecule has 0 bridgehead atoms. The number of nitrogens with zero attached hydrogens (tertiary/aromatic N) is 3. The van der Waals surface area contributed by atoms with E-state index in [-0.39, 0.29) is 6.09 Å². The lowest BCUT2D eigenvalue weighted by molar-refractivity contribution is 0.0204. The van der Waals surface area contributed by atoms with Crippen molar-refractivity contribution in [2.24, 2.45) is 0 Å². The Bertz CT molecular complexity index is 714. The van der Waals surface area contributed by atoms with Gasteiger partial charge in [-0.05, 0) is 39.7 Å². The van der Waals surface area contributed by atoms with E-state index in [9.17, 15) is 4.79 Å². The van der Waals surface area contributed by atoms with Crippen LogP contribution in [0.15, 0.2) is 12.4 Å². The number of pyridine rings is 1. The zero-order chi connectivity index (χ0) is 16.6. The second-order valence-corrected chi connectivity index (χ2v) is 7.24. The summed E-state index contributed by atoms with van der Waals surface area (Å²) in [6, 6.07) is 2.00. The Morgan fingerprint density at radius 1 is 1.39 bits per heavy atom. The van der Waals surface area contributed by atoms with Crippen molar-refractivity contribution in [2.75, 3.05) is 13.1 Å². The minimum atomic E-state index is -0.464. The average Bonchev–Trinajstić information content (AvgIpc) is 2.94. The van der Waals surface area contributed by atoms with Gasteiger partial charge in [-0.3, -0.25) is 0 Å². The number of rotatable bonds is 1. The van der Waals surface area contributed by atoms with Gasteiger partial charge in [-0.25, -0.2) is 14.8 Å². The van der Waals surface area contributed by atoms with E-state index in [4.69, 9.17) is 16.3 Å². The topological polar surface area (TPSA) is 71.1 Å². The number of piperidine rings is 1. The van der Waals surface area contributed by atoms with Crippen LogP contribution in [-0.4, -0.2) is 44.6 Å². The molecule has 0 radical (unpaired) electrons. The highest BCUT2D eigenvalue weighted by atomic mass is 35.5. The predicted octanol–water partition coefficient (Wildman–Crippen LogP) is 3.73. The molecular weight excluding hydrogens is 316 g/mol. The van der Waals surface area contributed by atoms with E-state index in [1.165, 1.54) is 0 Å². The summed E-state index contributed by atoms with van der Waals surface area (Å²) in [4.78, 5) is 25.6. The van der Waals surface area contributed by atoms with E-state index in [1.54, 1.807) is 11.2 Å². The van der Waals surface area contributed by atoms with E-state index in [1.807, 2.05) is 26.8 Å². The molecule has 2 aromatic rings. The highest BCUT2D eigenvalue weighted by Gasteiger charge is 2.28. The highest BCUT2D eigenvalue weighted by Crippen LogP contribution is 2.30. The van der Waals surface area contributed by atoms with Gasteiger partial charge in [0.05, 0.1) is 11.8 Å². The lowest BCUT2D eigenvalue weighted by Crippen LogP contribution is -2.41. The Morgan fingerprint density at radius 3 is 2.74 bits per heavy atom. The fourth-order valence-electron chi connectivity index (χ4n) is 2.82. The van der Waals surface area contributed by atoms with Crippen molar-refractivity contribution in [3.63, 3.8) is 0 Å². The number of amides is 1. The molecule has 7 heteroatoms. The number of H-pyrrole nitrogens is 1. The molecule has 3 heterocycles. The van der Waals surface area contributed by atoms with Crippen molar-refractivity contribution in [2.45, 2.75) is 45.1 Å². The molecule has 0 spiro atoms. The molecule has 1 saturated heterocycles. The molecule has 0 aromatic carbocycles. The maximum absolute atomic E-state index is 12.1. The van der Waals surface area contributed by atoms with Gasteiger partial charge >= 0.3 is 6.09 Å². The molecular formula is C16H21ClN4O2. The first kappa shape index (κ1) is 16.1. The number of hydrogen-bond acceptors (Lipinski definition) is 4. The number of carbonyl (C=O) groups excluding carboxylic acids is 1. The molecule has 1 aliphatic rings. The third kappa shape index (κ3) is 3.58.